The number of amides is 2. The number of carbonyl (C=O) groups is 2. The third-order valence-electron chi connectivity index (χ3n) is 3.11. The average molecular weight is 311 g/mol. The summed E-state index contributed by atoms with van der Waals surface area (Å²) in [6.45, 7) is 8.48. The fourth-order valence-electron chi connectivity index (χ4n) is 1.94. The van der Waals surface area contributed by atoms with Crippen molar-refractivity contribution in [2.75, 3.05) is 18.0 Å². The largest absolute Gasteiger partial charge is 0.356 e. The predicted molar refractivity (Wildman–Crippen MR) is 86.7 cm³/mol. The molecular weight excluding hydrogens is 288 g/mol. The summed E-state index contributed by atoms with van der Waals surface area (Å²) in [7, 11) is 0. The Kier molecular flexibility index (Phi) is 6.69. The minimum absolute atomic E-state index is 0.0466. The van der Waals surface area contributed by atoms with Crippen LogP contribution in [-0.2, 0) is 9.59 Å². The number of rotatable bonds is 6. The lowest BCUT2D eigenvalue weighted by atomic mass is 10.1. The van der Waals surface area contributed by atoms with Gasteiger partial charge in [-0.25, -0.2) is 0 Å². The first-order valence-electron chi connectivity index (χ1n) is 7.12. The topological polar surface area (TPSA) is 49.4 Å². The van der Waals surface area contributed by atoms with Crippen molar-refractivity contribution in [1.29, 1.82) is 0 Å². The van der Waals surface area contributed by atoms with Crippen molar-refractivity contribution >= 4 is 29.1 Å². The molecule has 1 N–H and O–H groups in total. The standard InChI is InChI=1S/C16H23ClN2O2/c1-11(2)10-18-16(21)7-8-19(13(4)20)15-9-14(17)6-5-12(15)3/h5-6,9,11H,7-8,10H2,1-4H3,(H,18,21). The number of benzene rings is 1. The molecule has 1 rings (SSSR count). The number of hydrogen-bond acceptors (Lipinski definition) is 2. The Morgan fingerprint density at radius 1 is 1.33 bits per heavy atom. The van der Waals surface area contributed by atoms with Crippen molar-refractivity contribution < 1.29 is 9.59 Å². The van der Waals surface area contributed by atoms with Gasteiger partial charge in [-0.15, -0.1) is 0 Å². The summed E-state index contributed by atoms with van der Waals surface area (Å²) in [6.07, 6.45) is 0.276. The first-order valence-corrected chi connectivity index (χ1v) is 7.50. The molecule has 0 aromatic heterocycles. The third-order valence-corrected chi connectivity index (χ3v) is 3.35. The Hall–Kier alpha value is -1.55. The molecule has 116 valence electrons. The highest BCUT2D eigenvalue weighted by Crippen LogP contribution is 2.24. The van der Waals surface area contributed by atoms with E-state index in [1.807, 2.05) is 26.8 Å². The van der Waals surface area contributed by atoms with Gasteiger partial charge in [-0.1, -0.05) is 31.5 Å². The van der Waals surface area contributed by atoms with Gasteiger partial charge in [0.15, 0.2) is 0 Å². The van der Waals surface area contributed by atoms with E-state index in [1.165, 1.54) is 6.92 Å². The minimum Gasteiger partial charge on any atom is -0.356 e. The number of aryl methyl sites for hydroxylation is 1. The molecule has 0 aliphatic heterocycles. The lowest BCUT2D eigenvalue weighted by Gasteiger charge is -2.23. The molecular formula is C16H23ClN2O2. The number of nitrogens with zero attached hydrogens (tertiary/aromatic N) is 1. The second kappa shape index (κ2) is 8.03. The molecule has 0 atom stereocenters. The molecule has 2 amide bonds. The van der Waals surface area contributed by atoms with E-state index in [0.29, 0.717) is 24.0 Å². The molecule has 0 saturated heterocycles. The van der Waals surface area contributed by atoms with Gasteiger partial charge in [-0.05, 0) is 30.5 Å². The second-order valence-corrected chi connectivity index (χ2v) is 5.99. The van der Waals surface area contributed by atoms with Crippen LogP contribution in [-0.4, -0.2) is 24.9 Å². The number of nitrogens with one attached hydrogen (secondary N) is 1. The first-order chi connectivity index (χ1) is 9.81. The van der Waals surface area contributed by atoms with Crippen LogP contribution in [0, 0.1) is 12.8 Å². The lowest BCUT2D eigenvalue weighted by molar-refractivity contribution is -0.121. The van der Waals surface area contributed by atoms with E-state index in [1.54, 1.807) is 17.0 Å². The highest BCUT2D eigenvalue weighted by molar-refractivity contribution is 6.31. The van der Waals surface area contributed by atoms with Gasteiger partial charge in [-0.3, -0.25) is 9.59 Å². The Labute approximate surface area is 131 Å². The summed E-state index contributed by atoms with van der Waals surface area (Å²) in [5.41, 5.74) is 1.71. The Bertz CT molecular complexity index is 515. The van der Waals surface area contributed by atoms with Gasteiger partial charge in [-0.2, -0.15) is 0 Å². The Balaban J connectivity index is 2.73. The van der Waals surface area contributed by atoms with Crippen molar-refractivity contribution in [3.63, 3.8) is 0 Å². The van der Waals surface area contributed by atoms with E-state index in [9.17, 15) is 9.59 Å². The van der Waals surface area contributed by atoms with Gasteiger partial charge in [0.1, 0.15) is 0 Å². The zero-order valence-electron chi connectivity index (χ0n) is 13.1. The van der Waals surface area contributed by atoms with Crippen LogP contribution in [0.15, 0.2) is 18.2 Å². The molecule has 0 bridgehead atoms. The fourth-order valence-corrected chi connectivity index (χ4v) is 2.11. The zero-order chi connectivity index (χ0) is 16.0. The number of carbonyl (C=O) groups excluding carboxylic acids is 2. The molecule has 0 radical (unpaired) electrons. The highest BCUT2D eigenvalue weighted by Gasteiger charge is 2.15. The molecule has 0 heterocycles. The van der Waals surface area contributed by atoms with Crippen LogP contribution in [0.1, 0.15) is 32.8 Å². The molecule has 0 spiro atoms. The van der Waals surface area contributed by atoms with Gasteiger partial charge < -0.3 is 10.2 Å². The van der Waals surface area contributed by atoms with Crippen molar-refractivity contribution in [2.45, 2.75) is 34.1 Å². The van der Waals surface area contributed by atoms with E-state index in [0.717, 1.165) is 11.3 Å². The third kappa shape index (κ3) is 5.76. The second-order valence-electron chi connectivity index (χ2n) is 5.55. The van der Waals surface area contributed by atoms with Crippen LogP contribution in [0.3, 0.4) is 0 Å². The maximum absolute atomic E-state index is 11.8. The maximum Gasteiger partial charge on any atom is 0.223 e. The van der Waals surface area contributed by atoms with Crippen molar-refractivity contribution in [3.8, 4) is 0 Å². The van der Waals surface area contributed by atoms with Crippen molar-refractivity contribution in [3.05, 3.63) is 28.8 Å². The molecule has 1 aromatic carbocycles. The molecule has 0 saturated carbocycles. The summed E-state index contributed by atoms with van der Waals surface area (Å²) < 4.78 is 0. The van der Waals surface area contributed by atoms with Gasteiger partial charge in [0, 0.05) is 37.1 Å². The molecule has 21 heavy (non-hydrogen) atoms. The summed E-state index contributed by atoms with van der Waals surface area (Å²) in [5, 5.41) is 3.43. The minimum atomic E-state index is -0.1000. The monoisotopic (exact) mass is 310 g/mol. The van der Waals surface area contributed by atoms with Crippen LogP contribution >= 0.6 is 11.6 Å². The van der Waals surface area contributed by atoms with Gasteiger partial charge in [0.25, 0.3) is 0 Å². The fraction of sp³-hybridized carbons (Fsp3) is 0.500. The first kappa shape index (κ1) is 17.5. The summed E-state index contributed by atoms with van der Waals surface area (Å²) in [4.78, 5) is 25.2. The zero-order valence-corrected chi connectivity index (χ0v) is 13.8. The number of hydrogen-bond donors (Lipinski definition) is 1. The molecule has 4 nitrogen and oxygen atoms in total. The van der Waals surface area contributed by atoms with E-state index in [2.05, 4.69) is 5.32 Å². The number of halogens is 1. The van der Waals surface area contributed by atoms with Crippen LogP contribution in [0.5, 0.6) is 0 Å². The molecule has 0 aliphatic carbocycles. The Morgan fingerprint density at radius 3 is 2.57 bits per heavy atom. The SMILES string of the molecule is CC(=O)N(CCC(=O)NCC(C)C)c1cc(Cl)ccc1C. The van der Waals surface area contributed by atoms with Crippen LogP contribution < -0.4 is 10.2 Å². The molecule has 1 aromatic rings. The maximum atomic E-state index is 11.8. The van der Waals surface area contributed by atoms with E-state index >= 15 is 0 Å². The lowest BCUT2D eigenvalue weighted by Crippen LogP contribution is -2.35. The highest BCUT2D eigenvalue weighted by atomic mass is 35.5. The molecule has 5 heteroatoms. The van der Waals surface area contributed by atoms with Gasteiger partial charge in [0.2, 0.25) is 11.8 Å². The van der Waals surface area contributed by atoms with Crippen molar-refractivity contribution in [2.24, 2.45) is 5.92 Å². The Morgan fingerprint density at radius 2 is 2.00 bits per heavy atom. The van der Waals surface area contributed by atoms with E-state index in [4.69, 9.17) is 11.6 Å². The normalized spacial score (nSPS) is 10.6. The van der Waals surface area contributed by atoms with Gasteiger partial charge >= 0.3 is 0 Å². The smallest absolute Gasteiger partial charge is 0.223 e. The van der Waals surface area contributed by atoms with Crippen molar-refractivity contribution in [1.82, 2.24) is 5.32 Å². The van der Waals surface area contributed by atoms with Gasteiger partial charge in [0.05, 0.1) is 0 Å². The quantitative estimate of drug-likeness (QED) is 0.877. The van der Waals surface area contributed by atoms with Crippen LogP contribution in [0.2, 0.25) is 5.02 Å². The van der Waals surface area contributed by atoms with E-state index < -0.39 is 0 Å². The van der Waals surface area contributed by atoms with Crippen LogP contribution in [0.4, 0.5) is 5.69 Å². The van der Waals surface area contributed by atoms with E-state index in [-0.39, 0.29) is 18.2 Å². The number of anilines is 1. The average Bonchev–Trinajstić information content (AvgIpc) is 2.40. The van der Waals surface area contributed by atoms with Crippen LogP contribution in [0.25, 0.3) is 0 Å². The summed E-state index contributed by atoms with van der Waals surface area (Å²) in [6, 6.07) is 5.41. The molecule has 0 aliphatic rings. The molecule has 0 unspecified atom stereocenters. The molecule has 0 fully saturated rings. The summed E-state index contributed by atoms with van der Waals surface area (Å²) in [5.74, 6) is 0.264. The summed E-state index contributed by atoms with van der Waals surface area (Å²) >= 11 is 6.00. The predicted octanol–water partition coefficient (Wildman–Crippen LogP) is 3.16.